The summed E-state index contributed by atoms with van der Waals surface area (Å²) in [6.45, 7) is 0. The topological polar surface area (TPSA) is 77.8 Å². The molecule has 0 unspecified atom stereocenters. The Labute approximate surface area is 80.6 Å². The van der Waals surface area contributed by atoms with Crippen LogP contribution in [-0.4, -0.2) is 9.97 Å². The SMILES string of the molecule is N.c1cc2c(ccc3[nH]cc[nH+]c32)n1. The third kappa shape index (κ3) is 1.05. The van der Waals surface area contributed by atoms with E-state index in [-0.39, 0.29) is 6.15 Å². The molecule has 0 saturated carbocycles. The zero-order valence-corrected chi connectivity index (χ0v) is 7.62. The largest absolute Gasteiger partial charge is 0.351 e. The first kappa shape index (κ1) is 8.65. The van der Waals surface area contributed by atoms with Crippen molar-refractivity contribution in [3.8, 4) is 0 Å². The van der Waals surface area contributed by atoms with E-state index in [0.717, 1.165) is 21.9 Å². The molecule has 3 rings (SSSR count). The van der Waals surface area contributed by atoms with Gasteiger partial charge in [0, 0.05) is 6.20 Å². The zero-order chi connectivity index (χ0) is 8.67. The molecule has 0 saturated heterocycles. The van der Waals surface area contributed by atoms with Crippen molar-refractivity contribution in [3.05, 3.63) is 36.8 Å². The number of nitrogens with zero attached hydrogens (tertiary/aromatic N) is 1. The zero-order valence-electron chi connectivity index (χ0n) is 7.62. The molecule has 0 aliphatic carbocycles. The molecule has 5 N–H and O–H groups in total. The predicted octanol–water partition coefficient (Wildman–Crippen LogP) is 1.69. The van der Waals surface area contributed by atoms with Crippen LogP contribution in [0.1, 0.15) is 0 Å². The van der Waals surface area contributed by atoms with Gasteiger partial charge in [-0.2, -0.15) is 0 Å². The lowest BCUT2D eigenvalue weighted by molar-refractivity contribution is -0.344. The van der Waals surface area contributed by atoms with E-state index in [1.54, 1.807) is 0 Å². The maximum atomic E-state index is 4.23. The minimum atomic E-state index is 0. The Morgan fingerprint density at radius 2 is 2.14 bits per heavy atom. The van der Waals surface area contributed by atoms with Crippen LogP contribution in [0.25, 0.3) is 21.9 Å². The van der Waals surface area contributed by atoms with Crippen LogP contribution in [0.3, 0.4) is 0 Å². The van der Waals surface area contributed by atoms with E-state index < -0.39 is 0 Å². The summed E-state index contributed by atoms with van der Waals surface area (Å²) in [7, 11) is 0. The summed E-state index contributed by atoms with van der Waals surface area (Å²) in [4.78, 5) is 10.6. The maximum absolute atomic E-state index is 4.23. The van der Waals surface area contributed by atoms with Gasteiger partial charge in [0.15, 0.2) is 6.20 Å². The third-order valence-corrected chi connectivity index (χ3v) is 2.23. The van der Waals surface area contributed by atoms with Crippen LogP contribution in [-0.2, 0) is 0 Å². The number of fused-ring (bicyclic) bond motifs is 3. The number of nitrogens with one attached hydrogen (secondary N) is 2. The highest BCUT2D eigenvalue weighted by atomic mass is 14.8. The fourth-order valence-electron chi connectivity index (χ4n) is 1.61. The lowest BCUT2D eigenvalue weighted by Crippen LogP contribution is -2.02. The average Bonchev–Trinajstić information content (AvgIpc) is 2.65. The highest BCUT2D eigenvalue weighted by molar-refractivity contribution is 6.00. The Morgan fingerprint density at radius 3 is 3.07 bits per heavy atom. The van der Waals surface area contributed by atoms with E-state index in [9.17, 15) is 0 Å². The van der Waals surface area contributed by atoms with Crippen LogP contribution in [0.5, 0.6) is 0 Å². The average molecular weight is 187 g/mol. The van der Waals surface area contributed by atoms with Gasteiger partial charge < -0.3 is 11.1 Å². The summed E-state index contributed by atoms with van der Waals surface area (Å²) in [6.07, 6.45) is 5.59. The van der Waals surface area contributed by atoms with Gasteiger partial charge in [-0.05, 0) is 18.2 Å². The Morgan fingerprint density at radius 1 is 1.21 bits per heavy atom. The van der Waals surface area contributed by atoms with Crippen LogP contribution >= 0.6 is 0 Å². The van der Waals surface area contributed by atoms with E-state index in [4.69, 9.17) is 0 Å². The van der Waals surface area contributed by atoms with Crippen LogP contribution < -0.4 is 11.1 Å². The molecule has 4 nitrogen and oxygen atoms in total. The second kappa shape index (κ2) is 3.08. The molecule has 1 aromatic carbocycles. The number of aromatic amines is 2. The fraction of sp³-hybridized carbons (Fsp3) is 0. The molecule has 0 aliphatic heterocycles. The number of hydrogen-bond acceptors (Lipinski definition) is 2. The molecular weight excluding hydrogens is 176 g/mol. The third-order valence-electron chi connectivity index (χ3n) is 2.23. The van der Waals surface area contributed by atoms with Gasteiger partial charge in [-0.25, -0.2) is 4.98 Å². The standard InChI is InChI=1S/C10H7N3.H3N/c1-2-9-10(13-6-5-12-9)7-3-4-11-8(1)7;/h1-6,12H;1H3/p+1. The van der Waals surface area contributed by atoms with Crippen molar-refractivity contribution in [3.63, 3.8) is 0 Å². The molecule has 0 radical (unpaired) electrons. The van der Waals surface area contributed by atoms with Crippen molar-refractivity contribution in [1.82, 2.24) is 16.1 Å². The van der Waals surface area contributed by atoms with Crippen molar-refractivity contribution in [2.75, 3.05) is 0 Å². The summed E-state index contributed by atoms with van der Waals surface area (Å²) in [5, 5.41) is 1.16. The molecule has 0 spiro atoms. The second-order valence-corrected chi connectivity index (χ2v) is 2.99. The molecule has 0 fully saturated rings. The smallest absolute Gasteiger partial charge is 0.236 e. The number of benzene rings is 1. The van der Waals surface area contributed by atoms with E-state index in [2.05, 4.69) is 15.0 Å². The lowest BCUT2D eigenvalue weighted by atomic mass is 10.2. The van der Waals surface area contributed by atoms with Crippen molar-refractivity contribution < 1.29 is 4.98 Å². The Balaban J connectivity index is 0.000000750. The lowest BCUT2D eigenvalue weighted by Gasteiger charge is -1.91. The minimum Gasteiger partial charge on any atom is -0.351 e. The first-order valence-electron chi connectivity index (χ1n) is 4.18. The summed E-state index contributed by atoms with van der Waals surface area (Å²) in [5.74, 6) is 0. The molecule has 2 aromatic heterocycles. The highest BCUT2D eigenvalue weighted by Gasteiger charge is 2.06. The van der Waals surface area contributed by atoms with E-state index in [1.165, 1.54) is 0 Å². The van der Waals surface area contributed by atoms with Crippen LogP contribution in [0.4, 0.5) is 0 Å². The van der Waals surface area contributed by atoms with Gasteiger partial charge >= 0.3 is 0 Å². The van der Waals surface area contributed by atoms with Crippen LogP contribution in [0, 0.1) is 0 Å². The molecule has 4 heteroatoms. The summed E-state index contributed by atoms with van der Waals surface area (Å²) >= 11 is 0. The predicted molar refractivity (Wildman–Crippen MR) is 55.2 cm³/mol. The van der Waals surface area contributed by atoms with Gasteiger partial charge in [-0.1, -0.05) is 0 Å². The second-order valence-electron chi connectivity index (χ2n) is 2.99. The van der Waals surface area contributed by atoms with E-state index in [0.29, 0.717) is 0 Å². The molecule has 0 amide bonds. The number of H-pyrrole nitrogens is 2. The number of rotatable bonds is 0. The summed E-state index contributed by atoms with van der Waals surface area (Å²) < 4.78 is 0. The van der Waals surface area contributed by atoms with Crippen LogP contribution in [0.2, 0.25) is 0 Å². The molecule has 0 aliphatic rings. The molecular formula is C10H11N4+. The first-order chi connectivity index (χ1) is 6.45. The van der Waals surface area contributed by atoms with Gasteiger partial charge in [-0.3, -0.25) is 4.98 Å². The maximum Gasteiger partial charge on any atom is 0.236 e. The molecule has 2 heterocycles. The Hall–Kier alpha value is -1.94. The summed E-state index contributed by atoms with van der Waals surface area (Å²) in [5.41, 5.74) is 3.24. The van der Waals surface area contributed by atoms with Gasteiger partial charge in [-0.15, -0.1) is 0 Å². The normalized spacial score (nSPS) is 10.3. The highest BCUT2D eigenvalue weighted by Crippen LogP contribution is 2.18. The van der Waals surface area contributed by atoms with Gasteiger partial charge in [0.1, 0.15) is 5.52 Å². The molecule has 70 valence electrons. The van der Waals surface area contributed by atoms with Crippen molar-refractivity contribution in [2.24, 2.45) is 0 Å². The van der Waals surface area contributed by atoms with Crippen molar-refractivity contribution in [1.29, 1.82) is 0 Å². The minimum absolute atomic E-state index is 0. The van der Waals surface area contributed by atoms with Gasteiger partial charge in [0.2, 0.25) is 5.52 Å². The summed E-state index contributed by atoms with van der Waals surface area (Å²) in [6, 6.07) is 6.06. The van der Waals surface area contributed by atoms with Crippen LogP contribution in [0.15, 0.2) is 36.8 Å². The Bertz CT molecular complexity index is 570. The number of aromatic nitrogens is 3. The van der Waals surface area contributed by atoms with Gasteiger partial charge in [0.05, 0.1) is 17.1 Å². The van der Waals surface area contributed by atoms with Gasteiger partial charge in [0.25, 0.3) is 0 Å². The van der Waals surface area contributed by atoms with E-state index >= 15 is 0 Å². The monoisotopic (exact) mass is 187 g/mol. The molecule has 14 heavy (non-hydrogen) atoms. The molecule has 0 atom stereocenters. The van der Waals surface area contributed by atoms with Crippen molar-refractivity contribution in [2.45, 2.75) is 0 Å². The first-order valence-corrected chi connectivity index (χ1v) is 4.18. The molecule has 0 bridgehead atoms. The van der Waals surface area contributed by atoms with E-state index in [1.807, 2.05) is 36.8 Å². The number of hydrogen-bond donors (Lipinski definition) is 2. The molecule has 3 aromatic rings. The van der Waals surface area contributed by atoms with Crippen molar-refractivity contribution >= 4 is 21.9 Å². The Kier molecular flexibility index (Phi) is 1.90. The fourth-order valence-corrected chi connectivity index (χ4v) is 1.61. The quantitative estimate of drug-likeness (QED) is 0.561.